The predicted molar refractivity (Wildman–Crippen MR) is 164 cm³/mol. The van der Waals surface area contributed by atoms with Crippen LogP contribution in [0.4, 0.5) is 8.78 Å². The normalized spacial score (nSPS) is 22.1. The molecule has 2 unspecified atom stereocenters. The van der Waals surface area contributed by atoms with Gasteiger partial charge in [0.05, 0.1) is 5.56 Å². The molecule has 2 N–H and O–H groups in total. The number of halogens is 3. The second kappa shape index (κ2) is 12.6. The minimum Gasteiger partial charge on any atom is -0.508 e. The highest BCUT2D eigenvalue weighted by molar-refractivity contribution is 6.65. The Morgan fingerprint density at radius 3 is 2.60 bits per heavy atom. The molecule has 3 aliphatic rings. The van der Waals surface area contributed by atoms with Gasteiger partial charge in [-0.3, -0.25) is 4.79 Å². The van der Waals surface area contributed by atoms with Crippen LogP contribution in [0.1, 0.15) is 79.3 Å². The minimum absolute atomic E-state index is 0.0900. The van der Waals surface area contributed by atoms with E-state index in [-0.39, 0.29) is 47.5 Å². The molecule has 2 aromatic rings. The standard InChI is InChI=1S/C35H34ClF2NO3/c1-22-21-39-34(36)20-31(22)27-8-6-26(7-9-27)28(18-32(41)30-11-10-29(40)19-33(30)42)17-24-4-2-23(3-5-24)16-25-12-14-35(37,38)15-13-25/h2-4,6-12,18-19,21,24,31,40,42H,5,13-17,20H2,1H3/b28-18-. The lowest BCUT2D eigenvalue weighted by atomic mass is 9.84. The Labute approximate surface area is 250 Å². The third-order valence-electron chi connectivity index (χ3n) is 8.25. The molecule has 2 atom stereocenters. The lowest BCUT2D eigenvalue weighted by Gasteiger charge is -2.23. The molecule has 42 heavy (non-hydrogen) atoms. The van der Waals surface area contributed by atoms with Gasteiger partial charge in [0.2, 0.25) is 0 Å². The highest BCUT2D eigenvalue weighted by atomic mass is 35.5. The summed E-state index contributed by atoms with van der Waals surface area (Å²) in [6, 6.07) is 12.1. The molecule has 0 amide bonds. The van der Waals surface area contributed by atoms with Gasteiger partial charge in [-0.2, -0.15) is 0 Å². The van der Waals surface area contributed by atoms with E-state index in [1.807, 2.05) is 19.1 Å². The molecule has 2 aliphatic carbocycles. The maximum atomic E-state index is 13.5. The number of hydrogen-bond donors (Lipinski definition) is 2. The summed E-state index contributed by atoms with van der Waals surface area (Å²) >= 11 is 6.21. The quantitative estimate of drug-likeness (QED) is 0.183. The van der Waals surface area contributed by atoms with Gasteiger partial charge in [0, 0.05) is 37.4 Å². The van der Waals surface area contributed by atoms with E-state index in [9.17, 15) is 23.8 Å². The number of phenolic OH excluding ortho intramolecular Hbond substituents is 2. The summed E-state index contributed by atoms with van der Waals surface area (Å²) in [4.78, 5) is 17.5. The van der Waals surface area contributed by atoms with E-state index < -0.39 is 5.92 Å². The number of ketones is 1. The number of carbonyl (C=O) groups excluding carboxylic acids is 1. The van der Waals surface area contributed by atoms with Gasteiger partial charge in [-0.05, 0) is 84.6 Å². The molecule has 0 fully saturated rings. The molecule has 7 heteroatoms. The van der Waals surface area contributed by atoms with Crippen molar-refractivity contribution in [3.8, 4) is 11.5 Å². The first-order chi connectivity index (χ1) is 20.1. The van der Waals surface area contributed by atoms with Crippen molar-refractivity contribution in [3.63, 3.8) is 0 Å². The summed E-state index contributed by atoms with van der Waals surface area (Å²) in [6.45, 7) is 2.04. The van der Waals surface area contributed by atoms with Crippen LogP contribution in [-0.4, -0.2) is 27.1 Å². The van der Waals surface area contributed by atoms with E-state index in [0.29, 0.717) is 30.9 Å². The van der Waals surface area contributed by atoms with Crippen LogP contribution in [-0.2, 0) is 0 Å². The maximum Gasteiger partial charge on any atom is 0.251 e. The Balaban J connectivity index is 1.35. The van der Waals surface area contributed by atoms with E-state index in [0.717, 1.165) is 45.9 Å². The summed E-state index contributed by atoms with van der Waals surface area (Å²) < 4.78 is 27.0. The van der Waals surface area contributed by atoms with Gasteiger partial charge in [-0.1, -0.05) is 65.7 Å². The zero-order valence-corrected chi connectivity index (χ0v) is 24.2. The first kappa shape index (κ1) is 29.7. The second-order valence-electron chi connectivity index (χ2n) is 11.4. The Morgan fingerprint density at radius 2 is 1.93 bits per heavy atom. The largest absolute Gasteiger partial charge is 0.508 e. The van der Waals surface area contributed by atoms with E-state index in [1.165, 1.54) is 12.1 Å². The number of alkyl halides is 2. The molecule has 0 bridgehead atoms. The first-order valence-electron chi connectivity index (χ1n) is 14.3. The fourth-order valence-electron chi connectivity index (χ4n) is 5.72. The predicted octanol–water partition coefficient (Wildman–Crippen LogP) is 9.42. The molecule has 0 radical (unpaired) electrons. The van der Waals surface area contributed by atoms with Crippen molar-refractivity contribution in [3.05, 3.63) is 112 Å². The molecule has 4 nitrogen and oxygen atoms in total. The van der Waals surface area contributed by atoms with Gasteiger partial charge in [-0.25, -0.2) is 13.8 Å². The molecule has 218 valence electrons. The molecule has 0 saturated carbocycles. The van der Waals surface area contributed by atoms with E-state index in [2.05, 4.69) is 35.4 Å². The smallest absolute Gasteiger partial charge is 0.251 e. The lowest BCUT2D eigenvalue weighted by molar-refractivity contribution is -0.00883. The summed E-state index contributed by atoms with van der Waals surface area (Å²) in [5, 5.41) is 20.5. The van der Waals surface area contributed by atoms with Crippen molar-refractivity contribution < 1.29 is 23.8 Å². The van der Waals surface area contributed by atoms with Gasteiger partial charge in [-0.15, -0.1) is 0 Å². The molecule has 2 aromatic carbocycles. The van der Waals surface area contributed by atoms with Crippen LogP contribution in [0.5, 0.6) is 11.5 Å². The molecule has 1 aliphatic heterocycles. The Morgan fingerprint density at radius 1 is 1.14 bits per heavy atom. The molecule has 1 heterocycles. The summed E-state index contributed by atoms with van der Waals surface area (Å²) in [5.74, 6) is -3.05. The van der Waals surface area contributed by atoms with E-state index in [1.54, 1.807) is 18.4 Å². The fraction of sp³-hybridized carbons (Fsp3) is 0.314. The molecular formula is C35H34ClF2NO3. The van der Waals surface area contributed by atoms with Gasteiger partial charge in [0.15, 0.2) is 5.78 Å². The topological polar surface area (TPSA) is 69.9 Å². The van der Waals surface area contributed by atoms with Crippen molar-refractivity contribution in [1.29, 1.82) is 0 Å². The molecule has 5 rings (SSSR count). The number of hydrogen-bond acceptors (Lipinski definition) is 4. The number of nitrogens with zero attached hydrogens (tertiary/aromatic N) is 1. The second-order valence-corrected chi connectivity index (χ2v) is 11.9. The van der Waals surface area contributed by atoms with Gasteiger partial charge >= 0.3 is 0 Å². The number of rotatable bonds is 8. The summed E-state index contributed by atoms with van der Waals surface area (Å²) in [5.41, 5.74) is 6.28. The molecule has 0 saturated heterocycles. The molecular weight excluding hydrogens is 556 g/mol. The minimum atomic E-state index is -2.59. The van der Waals surface area contributed by atoms with Crippen LogP contribution in [0.15, 0.2) is 101 Å². The van der Waals surface area contributed by atoms with Crippen molar-refractivity contribution in [1.82, 2.24) is 0 Å². The number of benzene rings is 2. The Kier molecular flexibility index (Phi) is 8.93. The maximum absolute atomic E-state index is 13.5. The van der Waals surface area contributed by atoms with Gasteiger partial charge in [0.1, 0.15) is 16.7 Å². The Bertz CT molecular complexity index is 1550. The number of phenols is 2. The summed E-state index contributed by atoms with van der Waals surface area (Å²) in [7, 11) is 0. The molecule has 0 aromatic heterocycles. The number of allylic oxidation sites excluding steroid dienone is 9. The van der Waals surface area contributed by atoms with Gasteiger partial charge < -0.3 is 10.2 Å². The van der Waals surface area contributed by atoms with Crippen LogP contribution in [0.3, 0.4) is 0 Å². The van der Waals surface area contributed by atoms with Crippen molar-refractivity contribution >= 4 is 28.1 Å². The van der Waals surface area contributed by atoms with E-state index >= 15 is 0 Å². The number of carbonyl (C=O) groups is 1. The third kappa shape index (κ3) is 7.35. The highest BCUT2D eigenvalue weighted by Gasteiger charge is 2.30. The lowest BCUT2D eigenvalue weighted by Crippen LogP contribution is -2.18. The zero-order valence-electron chi connectivity index (χ0n) is 23.5. The zero-order chi connectivity index (χ0) is 29.9. The van der Waals surface area contributed by atoms with Crippen LogP contribution in [0.25, 0.3) is 5.57 Å². The summed E-state index contributed by atoms with van der Waals surface area (Å²) in [6.07, 6.45) is 14.3. The Hall–Kier alpha value is -3.77. The monoisotopic (exact) mass is 589 g/mol. The van der Waals surface area contributed by atoms with Crippen molar-refractivity contribution in [2.75, 3.05) is 0 Å². The molecule has 0 spiro atoms. The average molecular weight is 590 g/mol. The van der Waals surface area contributed by atoms with Crippen molar-refractivity contribution in [2.24, 2.45) is 10.9 Å². The number of aromatic hydroxyl groups is 2. The number of aliphatic imine (C=N–C) groups is 1. The average Bonchev–Trinajstić information content (AvgIpc) is 2.96. The van der Waals surface area contributed by atoms with Crippen LogP contribution < -0.4 is 0 Å². The van der Waals surface area contributed by atoms with Crippen molar-refractivity contribution in [2.45, 2.75) is 63.7 Å². The third-order valence-corrected chi connectivity index (χ3v) is 8.50. The SMILES string of the molecule is CC1=CN=C(Cl)CC1c1ccc(/C(=C\C(=O)c2ccc(O)cc2O)CC2C=CC(CC3=CCC(F)(F)CC3)=CC2)cc1. The van der Waals surface area contributed by atoms with Gasteiger partial charge in [0.25, 0.3) is 5.92 Å². The van der Waals surface area contributed by atoms with E-state index in [4.69, 9.17) is 11.6 Å². The highest BCUT2D eigenvalue weighted by Crippen LogP contribution is 2.37. The fourth-order valence-corrected chi connectivity index (χ4v) is 5.92. The van der Waals surface area contributed by atoms with Crippen LogP contribution >= 0.6 is 11.6 Å². The first-order valence-corrected chi connectivity index (χ1v) is 14.6. The van der Waals surface area contributed by atoms with Crippen LogP contribution in [0, 0.1) is 5.92 Å². The van der Waals surface area contributed by atoms with Crippen LogP contribution in [0.2, 0.25) is 0 Å².